The molecule has 1 aromatic carbocycles. The van der Waals surface area contributed by atoms with Crippen molar-refractivity contribution in [3.8, 4) is 0 Å². The van der Waals surface area contributed by atoms with Gasteiger partial charge in [0.05, 0.1) is 4.88 Å². The van der Waals surface area contributed by atoms with Gasteiger partial charge in [-0.25, -0.2) is 0 Å². The topological polar surface area (TPSA) is 41.1 Å². The molecule has 0 fully saturated rings. The summed E-state index contributed by atoms with van der Waals surface area (Å²) >= 11 is 6.54. The van der Waals surface area contributed by atoms with E-state index in [0.717, 1.165) is 12.1 Å². The fourth-order valence-corrected chi connectivity index (χ4v) is 2.70. The zero-order valence-corrected chi connectivity index (χ0v) is 13.7. The van der Waals surface area contributed by atoms with Crippen molar-refractivity contribution in [3.05, 3.63) is 52.2 Å². The first-order chi connectivity index (χ1) is 10.1. The van der Waals surface area contributed by atoms with E-state index in [-0.39, 0.29) is 5.91 Å². The lowest BCUT2D eigenvalue weighted by Crippen LogP contribution is -2.33. The molecule has 1 unspecified atom stereocenters. The summed E-state index contributed by atoms with van der Waals surface area (Å²) in [4.78, 5) is 12.5. The van der Waals surface area contributed by atoms with Crippen LogP contribution in [-0.4, -0.2) is 11.0 Å². The van der Waals surface area contributed by atoms with Gasteiger partial charge in [0, 0.05) is 5.69 Å². The van der Waals surface area contributed by atoms with E-state index in [4.69, 9.17) is 12.2 Å². The van der Waals surface area contributed by atoms with Gasteiger partial charge in [0.25, 0.3) is 5.91 Å². The first kappa shape index (κ1) is 15.7. The summed E-state index contributed by atoms with van der Waals surface area (Å²) in [6.07, 6.45) is 1.11. The molecule has 2 N–H and O–H groups in total. The van der Waals surface area contributed by atoms with E-state index in [1.54, 1.807) is 6.07 Å². The Kier molecular flexibility index (Phi) is 5.47. The van der Waals surface area contributed by atoms with E-state index in [1.807, 2.05) is 23.6 Å². The van der Waals surface area contributed by atoms with Gasteiger partial charge in [0.15, 0.2) is 5.11 Å². The van der Waals surface area contributed by atoms with Crippen molar-refractivity contribution >= 4 is 40.3 Å². The third-order valence-electron chi connectivity index (χ3n) is 3.32. The minimum Gasteiger partial charge on any atom is -0.332 e. The lowest BCUT2D eigenvalue weighted by molar-refractivity contribution is 0.0981. The van der Waals surface area contributed by atoms with Crippen molar-refractivity contribution in [2.24, 2.45) is 0 Å². The molecule has 2 rings (SSSR count). The number of hydrogen-bond acceptors (Lipinski definition) is 3. The van der Waals surface area contributed by atoms with Crippen LogP contribution in [0.1, 0.15) is 41.4 Å². The van der Waals surface area contributed by atoms with Crippen LogP contribution in [0, 0.1) is 0 Å². The van der Waals surface area contributed by atoms with Gasteiger partial charge in [0.2, 0.25) is 0 Å². The second-order valence-electron chi connectivity index (χ2n) is 4.82. The van der Waals surface area contributed by atoms with E-state index in [9.17, 15) is 4.79 Å². The van der Waals surface area contributed by atoms with Crippen LogP contribution >= 0.6 is 23.6 Å². The van der Waals surface area contributed by atoms with Gasteiger partial charge < -0.3 is 5.32 Å². The highest BCUT2D eigenvalue weighted by atomic mass is 32.1. The Morgan fingerprint density at radius 3 is 2.57 bits per heavy atom. The summed E-state index contributed by atoms with van der Waals surface area (Å²) in [6, 6.07) is 11.7. The molecular formula is C16H18N2OS2. The number of hydrogen-bond donors (Lipinski definition) is 2. The predicted octanol–water partition coefficient (Wildman–Crippen LogP) is 4.39. The van der Waals surface area contributed by atoms with E-state index in [0.29, 0.717) is 15.9 Å². The number of amides is 1. The molecule has 0 aliphatic heterocycles. The number of benzene rings is 1. The van der Waals surface area contributed by atoms with Gasteiger partial charge in [0.1, 0.15) is 0 Å². The summed E-state index contributed by atoms with van der Waals surface area (Å²) < 4.78 is 0. The van der Waals surface area contributed by atoms with E-state index in [2.05, 4.69) is 36.6 Å². The minimum atomic E-state index is -0.182. The highest BCUT2D eigenvalue weighted by Crippen LogP contribution is 2.20. The van der Waals surface area contributed by atoms with Crippen LogP contribution in [0.25, 0.3) is 0 Å². The molecule has 0 radical (unpaired) electrons. The summed E-state index contributed by atoms with van der Waals surface area (Å²) in [6.45, 7) is 4.38. The first-order valence-electron chi connectivity index (χ1n) is 6.86. The quantitative estimate of drug-likeness (QED) is 0.822. The van der Waals surface area contributed by atoms with Crippen molar-refractivity contribution in [2.75, 3.05) is 5.32 Å². The van der Waals surface area contributed by atoms with Gasteiger partial charge in [-0.15, -0.1) is 11.3 Å². The van der Waals surface area contributed by atoms with Crippen LogP contribution < -0.4 is 10.6 Å². The summed E-state index contributed by atoms with van der Waals surface area (Å²) in [7, 11) is 0. The molecule has 21 heavy (non-hydrogen) atoms. The first-order valence-corrected chi connectivity index (χ1v) is 8.14. The molecule has 1 heterocycles. The van der Waals surface area contributed by atoms with Crippen LogP contribution in [0.3, 0.4) is 0 Å². The maximum atomic E-state index is 11.9. The Morgan fingerprint density at radius 1 is 1.29 bits per heavy atom. The number of anilines is 1. The maximum Gasteiger partial charge on any atom is 0.267 e. The van der Waals surface area contributed by atoms with Crippen molar-refractivity contribution in [1.29, 1.82) is 0 Å². The summed E-state index contributed by atoms with van der Waals surface area (Å²) in [5.41, 5.74) is 2.18. The molecule has 3 nitrogen and oxygen atoms in total. The second kappa shape index (κ2) is 7.33. The number of carbonyl (C=O) groups is 1. The average molecular weight is 318 g/mol. The Hall–Kier alpha value is -1.72. The Morgan fingerprint density at radius 2 is 2.00 bits per heavy atom. The zero-order valence-electron chi connectivity index (χ0n) is 12.1. The smallest absolute Gasteiger partial charge is 0.267 e. The standard InChI is InChI=1S/C16H18N2OS2/c1-3-11(2)12-6-8-13(9-7-12)17-16(20)18-15(19)14-5-4-10-21-14/h4-11H,3H2,1-2H3,(H2,17,18,19,20). The van der Waals surface area contributed by atoms with E-state index in [1.165, 1.54) is 16.9 Å². The molecule has 0 spiro atoms. The largest absolute Gasteiger partial charge is 0.332 e. The van der Waals surface area contributed by atoms with Gasteiger partial charge in [-0.3, -0.25) is 10.1 Å². The number of carbonyl (C=O) groups excluding carboxylic acids is 1. The molecule has 5 heteroatoms. The second-order valence-corrected chi connectivity index (χ2v) is 6.17. The predicted molar refractivity (Wildman–Crippen MR) is 93.2 cm³/mol. The normalized spacial score (nSPS) is 11.7. The van der Waals surface area contributed by atoms with E-state index < -0.39 is 0 Å². The molecule has 0 bridgehead atoms. The maximum absolute atomic E-state index is 11.9. The zero-order chi connectivity index (χ0) is 15.2. The Bertz CT molecular complexity index is 606. The number of thiocarbonyl (C=S) groups is 1. The van der Waals surface area contributed by atoms with Crippen LogP contribution in [0.4, 0.5) is 5.69 Å². The lowest BCUT2D eigenvalue weighted by Gasteiger charge is -2.12. The van der Waals surface area contributed by atoms with Crippen LogP contribution in [0.5, 0.6) is 0 Å². The molecule has 1 amide bonds. The molecular weight excluding hydrogens is 300 g/mol. The minimum absolute atomic E-state index is 0.182. The van der Waals surface area contributed by atoms with Crippen LogP contribution in [0.2, 0.25) is 0 Å². The lowest BCUT2D eigenvalue weighted by atomic mass is 9.99. The molecule has 0 aliphatic rings. The van der Waals surface area contributed by atoms with Crippen LogP contribution in [-0.2, 0) is 0 Å². The van der Waals surface area contributed by atoms with Gasteiger partial charge in [-0.05, 0) is 53.7 Å². The highest BCUT2D eigenvalue weighted by molar-refractivity contribution is 7.80. The van der Waals surface area contributed by atoms with Crippen molar-refractivity contribution in [1.82, 2.24) is 5.32 Å². The Balaban J connectivity index is 1.92. The molecule has 1 atom stereocenters. The SMILES string of the molecule is CCC(C)c1ccc(NC(=S)NC(=O)c2cccs2)cc1. The van der Waals surface area contributed by atoms with Gasteiger partial charge in [-0.1, -0.05) is 32.0 Å². The Labute approximate surface area is 134 Å². The van der Waals surface area contributed by atoms with Gasteiger partial charge in [-0.2, -0.15) is 0 Å². The molecule has 110 valence electrons. The summed E-state index contributed by atoms with van der Waals surface area (Å²) in [5, 5.41) is 7.86. The van der Waals surface area contributed by atoms with Crippen molar-refractivity contribution in [3.63, 3.8) is 0 Å². The number of nitrogens with one attached hydrogen (secondary N) is 2. The molecule has 0 saturated heterocycles. The third-order valence-corrected chi connectivity index (χ3v) is 4.39. The van der Waals surface area contributed by atoms with Crippen molar-refractivity contribution < 1.29 is 4.79 Å². The third kappa shape index (κ3) is 4.37. The fraction of sp³-hybridized carbons (Fsp3) is 0.250. The fourth-order valence-electron chi connectivity index (χ4n) is 1.87. The van der Waals surface area contributed by atoms with Crippen molar-refractivity contribution in [2.45, 2.75) is 26.2 Å². The van der Waals surface area contributed by atoms with E-state index >= 15 is 0 Å². The van der Waals surface area contributed by atoms with Crippen LogP contribution in [0.15, 0.2) is 41.8 Å². The molecule has 1 aromatic heterocycles. The number of rotatable bonds is 4. The highest BCUT2D eigenvalue weighted by Gasteiger charge is 2.09. The van der Waals surface area contributed by atoms with Gasteiger partial charge >= 0.3 is 0 Å². The molecule has 0 saturated carbocycles. The average Bonchev–Trinajstić information content (AvgIpc) is 3.01. The molecule has 2 aromatic rings. The number of thiophene rings is 1. The monoisotopic (exact) mass is 318 g/mol. The summed E-state index contributed by atoms with van der Waals surface area (Å²) in [5.74, 6) is 0.364. The molecule has 0 aliphatic carbocycles.